The van der Waals surface area contributed by atoms with Crippen LogP contribution in [0.15, 0.2) is 255 Å². The van der Waals surface area contributed by atoms with Gasteiger partial charge >= 0.3 is 0 Å². The fourth-order valence-electron chi connectivity index (χ4n) is 13.0. The molecule has 1 saturated carbocycles. The molecule has 1 nitrogen and oxygen atoms in total. The van der Waals surface area contributed by atoms with E-state index in [0.29, 0.717) is 5.92 Å². The third-order valence-electron chi connectivity index (χ3n) is 16.1. The van der Waals surface area contributed by atoms with Crippen LogP contribution >= 0.6 is 11.3 Å². The lowest BCUT2D eigenvalue weighted by atomic mass is 9.67. The minimum Gasteiger partial charge on any atom is -0.309 e. The van der Waals surface area contributed by atoms with Crippen molar-refractivity contribution in [3.8, 4) is 44.5 Å². The van der Waals surface area contributed by atoms with Crippen LogP contribution in [0.25, 0.3) is 75.5 Å². The molecule has 1 heterocycles. The molecular formula is C71H53NS. The fraction of sp³-hybridized carbons (Fsp3) is 0.0986. The van der Waals surface area contributed by atoms with E-state index in [4.69, 9.17) is 0 Å². The summed E-state index contributed by atoms with van der Waals surface area (Å²) in [5, 5.41) is 5.32. The molecule has 0 saturated heterocycles. The van der Waals surface area contributed by atoms with E-state index < -0.39 is 5.41 Å². The molecule has 0 N–H and O–H groups in total. The lowest BCUT2D eigenvalue weighted by molar-refractivity contribution is 0.445. The molecule has 0 unspecified atom stereocenters. The van der Waals surface area contributed by atoms with Gasteiger partial charge in [-0.15, -0.1) is 11.3 Å². The second kappa shape index (κ2) is 18.1. The fourth-order valence-corrected chi connectivity index (χ4v) is 14.1. The number of benzene rings is 11. The molecule has 0 atom stereocenters. The molecule has 0 bridgehead atoms. The first-order valence-corrected chi connectivity index (χ1v) is 26.9. The summed E-state index contributed by atoms with van der Waals surface area (Å²) in [6, 6.07) is 95.9. The summed E-state index contributed by atoms with van der Waals surface area (Å²) in [6.45, 7) is 0. The van der Waals surface area contributed by atoms with Crippen molar-refractivity contribution in [3.63, 3.8) is 0 Å². The highest BCUT2D eigenvalue weighted by atomic mass is 32.1. The van der Waals surface area contributed by atoms with Crippen molar-refractivity contribution in [2.24, 2.45) is 0 Å². The highest BCUT2D eigenvalue weighted by molar-refractivity contribution is 7.25. The van der Waals surface area contributed by atoms with E-state index in [1.807, 2.05) is 11.3 Å². The molecule has 2 aliphatic carbocycles. The van der Waals surface area contributed by atoms with Crippen LogP contribution in [-0.2, 0) is 5.41 Å². The summed E-state index contributed by atoms with van der Waals surface area (Å²) >= 11 is 1.88. The highest BCUT2D eigenvalue weighted by Gasteiger charge is 2.46. The maximum atomic E-state index is 2.56. The zero-order valence-electron chi connectivity index (χ0n) is 40.7. The molecule has 0 spiro atoms. The van der Waals surface area contributed by atoms with Crippen molar-refractivity contribution in [1.82, 2.24) is 0 Å². The van der Waals surface area contributed by atoms with E-state index in [-0.39, 0.29) is 0 Å². The first-order valence-electron chi connectivity index (χ1n) is 26.1. The molecule has 73 heavy (non-hydrogen) atoms. The third-order valence-corrected chi connectivity index (χ3v) is 17.3. The van der Waals surface area contributed by atoms with Crippen molar-refractivity contribution >= 4 is 59.3 Å². The number of hydrogen-bond acceptors (Lipinski definition) is 2. The van der Waals surface area contributed by atoms with Gasteiger partial charge in [-0.2, -0.15) is 0 Å². The average Bonchev–Trinajstić information content (AvgIpc) is 4.00. The van der Waals surface area contributed by atoms with E-state index in [1.54, 1.807) is 0 Å². The normalized spacial score (nSPS) is 14.1. The molecular weight excluding hydrogens is 899 g/mol. The molecule has 0 amide bonds. The van der Waals surface area contributed by atoms with Crippen molar-refractivity contribution in [2.75, 3.05) is 4.90 Å². The quantitative estimate of drug-likeness (QED) is 0.139. The molecule has 348 valence electrons. The monoisotopic (exact) mass is 951 g/mol. The summed E-state index contributed by atoms with van der Waals surface area (Å²) in [5.41, 5.74) is 19.4. The van der Waals surface area contributed by atoms with Crippen molar-refractivity contribution in [3.05, 3.63) is 283 Å². The van der Waals surface area contributed by atoms with Gasteiger partial charge in [0.1, 0.15) is 0 Å². The number of nitrogens with zero attached hydrogens (tertiary/aromatic N) is 1. The Morgan fingerprint density at radius 3 is 1.74 bits per heavy atom. The minimum absolute atomic E-state index is 0.517. The lowest BCUT2D eigenvalue weighted by Crippen LogP contribution is -2.28. The highest BCUT2D eigenvalue weighted by Crippen LogP contribution is 2.57. The predicted octanol–water partition coefficient (Wildman–Crippen LogP) is 20.1. The Hall–Kier alpha value is -8.30. The van der Waals surface area contributed by atoms with Crippen LogP contribution < -0.4 is 4.90 Å². The van der Waals surface area contributed by atoms with Crippen molar-refractivity contribution < 1.29 is 0 Å². The van der Waals surface area contributed by atoms with Gasteiger partial charge in [0.25, 0.3) is 0 Å². The average molecular weight is 952 g/mol. The van der Waals surface area contributed by atoms with Crippen molar-refractivity contribution in [2.45, 2.75) is 43.4 Å². The van der Waals surface area contributed by atoms with Crippen LogP contribution in [0.4, 0.5) is 17.1 Å². The molecule has 2 aliphatic rings. The van der Waals surface area contributed by atoms with E-state index in [1.165, 1.54) is 135 Å². The Morgan fingerprint density at radius 1 is 0.370 bits per heavy atom. The maximum Gasteiger partial charge on any atom is 0.0713 e. The molecule has 0 aliphatic heterocycles. The first kappa shape index (κ1) is 43.5. The van der Waals surface area contributed by atoms with E-state index in [0.717, 1.165) is 17.1 Å². The largest absolute Gasteiger partial charge is 0.309 e. The van der Waals surface area contributed by atoms with E-state index in [2.05, 4.69) is 260 Å². The van der Waals surface area contributed by atoms with Crippen LogP contribution in [0.3, 0.4) is 0 Å². The minimum atomic E-state index is -0.517. The summed E-state index contributed by atoms with van der Waals surface area (Å²) in [7, 11) is 0. The molecule has 1 aromatic heterocycles. The van der Waals surface area contributed by atoms with Gasteiger partial charge in [-0.1, -0.05) is 232 Å². The number of rotatable bonds is 9. The van der Waals surface area contributed by atoms with Crippen LogP contribution in [0.5, 0.6) is 0 Å². The first-order chi connectivity index (χ1) is 36.2. The van der Waals surface area contributed by atoms with Gasteiger partial charge in [0.2, 0.25) is 0 Å². The molecule has 11 aromatic carbocycles. The van der Waals surface area contributed by atoms with Gasteiger partial charge < -0.3 is 4.90 Å². The number of para-hydroxylation sites is 2. The number of thiophene rings is 1. The zero-order chi connectivity index (χ0) is 48.3. The maximum absolute atomic E-state index is 2.56. The standard InChI is InChI=1S/C71H53NS/c1-4-22-48(23-5-1)56-36-19-24-49-25-20-38-61(69(49)56)60-34-12-16-41-66(60)72(54-31-18-26-50(46-54)57-37-21-43-68-70(57)62-35-13-17-42-67(62)73-68)65-40-15-11-32-55(65)51-44-45-59-58-33-10-14-39-63(58)71(64(59)47-51,52-27-6-2-7-28-52)53-29-8-3-9-30-53/h2-3,6-21,24-48H,1,4-5,22-23H2. The Kier molecular flexibility index (Phi) is 10.8. The Labute approximate surface area is 432 Å². The Morgan fingerprint density at radius 2 is 0.945 bits per heavy atom. The second-order valence-electron chi connectivity index (χ2n) is 20.1. The Bertz CT molecular complexity index is 3980. The van der Waals surface area contributed by atoms with Gasteiger partial charge in [0, 0.05) is 37.0 Å². The van der Waals surface area contributed by atoms with Gasteiger partial charge in [0.05, 0.1) is 16.8 Å². The van der Waals surface area contributed by atoms with Crippen LogP contribution in [0.1, 0.15) is 65.8 Å². The smallest absolute Gasteiger partial charge is 0.0713 e. The SMILES string of the molecule is c1ccc(C2(c3ccccc3)c3ccccc3-c3ccc(-c4ccccc4N(c4cccc(-c5cccc6sc7ccccc7c56)c4)c4ccccc4-c4cccc5cccc(C6CCCCC6)c45)cc32)cc1. The van der Waals surface area contributed by atoms with Crippen LogP contribution in [0, 0.1) is 0 Å². The van der Waals surface area contributed by atoms with E-state index >= 15 is 0 Å². The number of hydrogen-bond donors (Lipinski definition) is 0. The molecule has 14 rings (SSSR count). The second-order valence-corrected chi connectivity index (χ2v) is 21.2. The predicted molar refractivity (Wildman–Crippen MR) is 311 cm³/mol. The van der Waals surface area contributed by atoms with Crippen LogP contribution in [0.2, 0.25) is 0 Å². The molecule has 1 fully saturated rings. The number of fused-ring (bicyclic) bond motifs is 7. The van der Waals surface area contributed by atoms with Crippen molar-refractivity contribution in [1.29, 1.82) is 0 Å². The summed E-state index contributed by atoms with van der Waals surface area (Å²) in [6.07, 6.45) is 6.41. The molecule has 2 heteroatoms. The molecule has 12 aromatic rings. The van der Waals surface area contributed by atoms with Gasteiger partial charge in [0.15, 0.2) is 0 Å². The molecule has 0 radical (unpaired) electrons. The van der Waals surface area contributed by atoms with Gasteiger partial charge in [-0.25, -0.2) is 0 Å². The summed E-state index contributed by atoms with van der Waals surface area (Å²) in [4.78, 5) is 2.56. The van der Waals surface area contributed by atoms with Gasteiger partial charge in [-0.3, -0.25) is 0 Å². The zero-order valence-corrected chi connectivity index (χ0v) is 41.5. The van der Waals surface area contributed by atoms with Crippen LogP contribution in [-0.4, -0.2) is 0 Å². The van der Waals surface area contributed by atoms with E-state index in [9.17, 15) is 0 Å². The Balaban J connectivity index is 1.02. The number of anilines is 3. The van der Waals surface area contributed by atoms with Gasteiger partial charge in [-0.05, 0) is 133 Å². The summed E-state index contributed by atoms with van der Waals surface area (Å²) < 4.78 is 2.62. The summed E-state index contributed by atoms with van der Waals surface area (Å²) in [5.74, 6) is 0.556. The lowest BCUT2D eigenvalue weighted by Gasteiger charge is -2.34. The topological polar surface area (TPSA) is 3.24 Å². The third kappa shape index (κ3) is 7.11.